The van der Waals surface area contributed by atoms with Crippen LogP contribution in [0.5, 0.6) is 5.75 Å². The van der Waals surface area contributed by atoms with E-state index in [1.807, 2.05) is 30.3 Å². The van der Waals surface area contributed by atoms with Gasteiger partial charge in [0.1, 0.15) is 19.0 Å². The number of benzene rings is 2. The third kappa shape index (κ3) is 3.83. The number of carbonyl (C=O) groups is 1. The summed E-state index contributed by atoms with van der Waals surface area (Å²) in [6, 6.07) is 18.5. The summed E-state index contributed by atoms with van der Waals surface area (Å²) in [6.07, 6.45) is 1.86. The van der Waals surface area contributed by atoms with Crippen molar-refractivity contribution < 1.29 is 14.3 Å². The van der Waals surface area contributed by atoms with E-state index in [4.69, 9.17) is 9.47 Å². The van der Waals surface area contributed by atoms with Gasteiger partial charge in [0, 0.05) is 25.3 Å². The SMILES string of the molecule is O=C1COC2(CCN(c3ccc(OCc4ccccc4)cc3)CC2)CN1. The van der Waals surface area contributed by atoms with E-state index in [0.29, 0.717) is 13.2 Å². The van der Waals surface area contributed by atoms with Crippen LogP contribution < -0.4 is 15.0 Å². The van der Waals surface area contributed by atoms with E-state index in [9.17, 15) is 4.79 Å². The van der Waals surface area contributed by atoms with E-state index >= 15 is 0 Å². The maximum Gasteiger partial charge on any atom is 0.246 e. The zero-order valence-corrected chi connectivity index (χ0v) is 14.8. The molecule has 0 bridgehead atoms. The molecular formula is C21H24N2O3. The van der Waals surface area contributed by atoms with Crippen LogP contribution >= 0.6 is 0 Å². The number of nitrogens with one attached hydrogen (secondary N) is 1. The molecule has 2 aromatic rings. The lowest BCUT2D eigenvalue weighted by molar-refractivity contribution is -0.146. The molecule has 1 spiro atoms. The van der Waals surface area contributed by atoms with Crippen LogP contribution in [0.1, 0.15) is 18.4 Å². The van der Waals surface area contributed by atoms with Gasteiger partial charge in [-0.25, -0.2) is 0 Å². The van der Waals surface area contributed by atoms with E-state index in [1.54, 1.807) is 0 Å². The first-order chi connectivity index (χ1) is 12.7. The molecule has 4 rings (SSSR count). The summed E-state index contributed by atoms with van der Waals surface area (Å²) in [4.78, 5) is 13.7. The molecule has 2 aliphatic rings. The van der Waals surface area contributed by atoms with E-state index in [0.717, 1.165) is 37.2 Å². The third-order valence-corrected chi connectivity index (χ3v) is 5.24. The second-order valence-corrected chi connectivity index (χ2v) is 7.00. The Morgan fingerprint density at radius 3 is 2.42 bits per heavy atom. The highest BCUT2D eigenvalue weighted by atomic mass is 16.5. The zero-order chi connectivity index (χ0) is 17.8. The van der Waals surface area contributed by atoms with Crippen molar-refractivity contribution in [2.45, 2.75) is 25.0 Å². The molecule has 5 heteroatoms. The number of carbonyl (C=O) groups excluding carboxylic acids is 1. The Hall–Kier alpha value is -2.53. The zero-order valence-electron chi connectivity index (χ0n) is 14.8. The molecule has 2 fully saturated rings. The van der Waals surface area contributed by atoms with Crippen molar-refractivity contribution >= 4 is 11.6 Å². The molecular weight excluding hydrogens is 328 g/mol. The molecule has 0 unspecified atom stereocenters. The van der Waals surface area contributed by atoms with Gasteiger partial charge in [0.05, 0.1) is 5.60 Å². The van der Waals surface area contributed by atoms with Crippen LogP contribution in [0.2, 0.25) is 0 Å². The van der Waals surface area contributed by atoms with Crippen LogP contribution in [0, 0.1) is 0 Å². The quantitative estimate of drug-likeness (QED) is 0.919. The summed E-state index contributed by atoms with van der Waals surface area (Å²) in [5, 5.41) is 2.93. The van der Waals surface area contributed by atoms with E-state index in [-0.39, 0.29) is 18.1 Å². The first-order valence-corrected chi connectivity index (χ1v) is 9.15. The molecule has 0 saturated carbocycles. The van der Waals surface area contributed by atoms with Gasteiger partial charge in [-0.1, -0.05) is 30.3 Å². The Balaban J connectivity index is 1.31. The Kier molecular flexibility index (Phi) is 4.80. The lowest BCUT2D eigenvalue weighted by Gasteiger charge is -2.44. The minimum atomic E-state index is -0.177. The molecule has 0 aromatic heterocycles. The highest BCUT2D eigenvalue weighted by molar-refractivity contribution is 5.78. The highest BCUT2D eigenvalue weighted by Gasteiger charge is 2.38. The van der Waals surface area contributed by atoms with Crippen LogP contribution in [0.25, 0.3) is 0 Å². The van der Waals surface area contributed by atoms with Gasteiger partial charge in [-0.05, 0) is 42.7 Å². The smallest absolute Gasteiger partial charge is 0.246 e. The van der Waals surface area contributed by atoms with Crippen molar-refractivity contribution in [3.63, 3.8) is 0 Å². The van der Waals surface area contributed by atoms with Crippen LogP contribution in [0.15, 0.2) is 54.6 Å². The first kappa shape index (κ1) is 16.9. The summed E-state index contributed by atoms with van der Waals surface area (Å²) in [6.45, 7) is 3.26. The monoisotopic (exact) mass is 352 g/mol. The number of piperidine rings is 1. The molecule has 2 aromatic carbocycles. The van der Waals surface area contributed by atoms with Crippen molar-refractivity contribution in [2.75, 3.05) is 31.1 Å². The van der Waals surface area contributed by atoms with E-state index < -0.39 is 0 Å². The summed E-state index contributed by atoms with van der Waals surface area (Å²) in [5.74, 6) is 0.869. The number of amides is 1. The van der Waals surface area contributed by atoms with Crippen molar-refractivity contribution in [3.05, 3.63) is 60.2 Å². The molecule has 136 valence electrons. The second-order valence-electron chi connectivity index (χ2n) is 7.00. The van der Waals surface area contributed by atoms with Gasteiger partial charge in [0.25, 0.3) is 0 Å². The Labute approximate surface area is 153 Å². The summed E-state index contributed by atoms with van der Waals surface area (Å²) in [7, 11) is 0. The Morgan fingerprint density at radius 1 is 1.04 bits per heavy atom. The number of nitrogens with zero attached hydrogens (tertiary/aromatic N) is 1. The number of hydrogen-bond donors (Lipinski definition) is 1. The topological polar surface area (TPSA) is 50.8 Å². The highest BCUT2D eigenvalue weighted by Crippen LogP contribution is 2.31. The van der Waals surface area contributed by atoms with Gasteiger partial charge in [-0.15, -0.1) is 0 Å². The number of morpholine rings is 1. The molecule has 1 amide bonds. The van der Waals surface area contributed by atoms with Crippen molar-refractivity contribution in [1.29, 1.82) is 0 Å². The molecule has 0 radical (unpaired) electrons. The average molecular weight is 352 g/mol. The molecule has 2 saturated heterocycles. The molecule has 0 aliphatic carbocycles. The van der Waals surface area contributed by atoms with Crippen molar-refractivity contribution in [2.24, 2.45) is 0 Å². The Morgan fingerprint density at radius 2 is 1.77 bits per heavy atom. The maximum absolute atomic E-state index is 11.3. The summed E-state index contributed by atoms with van der Waals surface area (Å²) in [5.41, 5.74) is 2.19. The summed E-state index contributed by atoms with van der Waals surface area (Å²) < 4.78 is 11.7. The second kappa shape index (κ2) is 7.38. The average Bonchev–Trinajstić information content (AvgIpc) is 2.71. The normalized spacial score (nSPS) is 19.2. The minimum Gasteiger partial charge on any atom is -0.489 e. The maximum atomic E-state index is 11.3. The largest absolute Gasteiger partial charge is 0.489 e. The molecule has 5 nitrogen and oxygen atoms in total. The van der Waals surface area contributed by atoms with Crippen molar-refractivity contribution in [1.82, 2.24) is 5.32 Å². The fourth-order valence-electron chi connectivity index (χ4n) is 3.57. The molecule has 26 heavy (non-hydrogen) atoms. The predicted octanol–water partition coefficient (Wildman–Crippen LogP) is 2.75. The fourth-order valence-corrected chi connectivity index (χ4v) is 3.57. The lowest BCUT2D eigenvalue weighted by atomic mass is 9.89. The molecule has 2 heterocycles. The Bertz CT molecular complexity index is 726. The number of rotatable bonds is 4. The number of hydrogen-bond acceptors (Lipinski definition) is 4. The molecule has 1 N–H and O–H groups in total. The molecule has 2 aliphatic heterocycles. The third-order valence-electron chi connectivity index (χ3n) is 5.24. The van der Waals surface area contributed by atoms with Gasteiger partial charge in [0.2, 0.25) is 5.91 Å². The van der Waals surface area contributed by atoms with E-state index in [2.05, 4.69) is 34.5 Å². The van der Waals surface area contributed by atoms with Crippen molar-refractivity contribution in [3.8, 4) is 5.75 Å². The number of ether oxygens (including phenoxy) is 2. The predicted molar refractivity (Wildman–Crippen MR) is 100 cm³/mol. The van der Waals surface area contributed by atoms with E-state index in [1.165, 1.54) is 5.69 Å². The standard InChI is InChI=1S/C21H24N2O3/c24-20-15-26-21(16-22-20)10-12-23(13-11-21)18-6-8-19(9-7-18)25-14-17-4-2-1-3-5-17/h1-9H,10-16H2,(H,22,24). The van der Waals surface area contributed by atoms with Crippen LogP contribution in [0.4, 0.5) is 5.69 Å². The van der Waals surface area contributed by atoms with Gasteiger partial charge in [0.15, 0.2) is 0 Å². The van der Waals surface area contributed by atoms with Crippen LogP contribution in [-0.4, -0.2) is 37.7 Å². The summed E-state index contributed by atoms with van der Waals surface area (Å²) >= 11 is 0. The van der Waals surface area contributed by atoms with Gasteiger partial charge in [-0.2, -0.15) is 0 Å². The lowest BCUT2D eigenvalue weighted by Crippen LogP contribution is -2.57. The van der Waals surface area contributed by atoms with Gasteiger partial charge < -0.3 is 19.7 Å². The fraction of sp³-hybridized carbons (Fsp3) is 0.381. The first-order valence-electron chi connectivity index (χ1n) is 9.15. The minimum absolute atomic E-state index is 0.0100. The van der Waals surface area contributed by atoms with Gasteiger partial charge in [-0.3, -0.25) is 4.79 Å². The number of anilines is 1. The van der Waals surface area contributed by atoms with Crippen LogP contribution in [0.3, 0.4) is 0 Å². The van der Waals surface area contributed by atoms with Crippen LogP contribution in [-0.2, 0) is 16.1 Å². The molecule has 0 atom stereocenters. The van der Waals surface area contributed by atoms with Gasteiger partial charge >= 0.3 is 0 Å².